The number of rotatable bonds is 5. The molecule has 0 spiro atoms. The van der Waals surface area contributed by atoms with Gasteiger partial charge in [-0.2, -0.15) is 0 Å². The van der Waals surface area contributed by atoms with Gasteiger partial charge in [0.1, 0.15) is 21.4 Å². The van der Waals surface area contributed by atoms with Crippen LogP contribution in [0.3, 0.4) is 0 Å². The second-order valence-corrected chi connectivity index (χ2v) is 7.46. The van der Waals surface area contributed by atoms with E-state index in [4.69, 9.17) is 18.9 Å². The fourth-order valence-corrected chi connectivity index (χ4v) is 4.44. The Hall–Kier alpha value is -2.16. The van der Waals surface area contributed by atoms with Crippen LogP contribution >= 0.6 is 11.3 Å². The summed E-state index contributed by atoms with van der Waals surface area (Å²) in [7, 11) is 3.26. The summed E-state index contributed by atoms with van der Waals surface area (Å²) < 4.78 is 21.8. The molecule has 144 valence electrons. The van der Waals surface area contributed by atoms with E-state index in [9.17, 15) is 4.79 Å². The van der Waals surface area contributed by atoms with E-state index in [0.717, 1.165) is 29.9 Å². The second-order valence-electron chi connectivity index (χ2n) is 6.40. The van der Waals surface area contributed by atoms with Gasteiger partial charge in [-0.3, -0.25) is 4.79 Å². The molecule has 2 aromatic rings. The van der Waals surface area contributed by atoms with Gasteiger partial charge in [-0.25, -0.2) is 4.98 Å². The number of hydrogen-bond donors (Lipinski definition) is 0. The predicted molar refractivity (Wildman–Crippen MR) is 99.3 cm³/mol. The third kappa shape index (κ3) is 3.52. The molecule has 8 heteroatoms. The Bertz CT molecular complexity index is 818. The van der Waals surface area contributed by atoms with Crippen molar-refractivity contribution in [3.8, 4) is 11.5 Å². The Kier molecular flexibility index (Phi) is 5.29. The summed E-state index contributed by atoms with van der Waals surface area (Å²) in [5.41, 5.74) is 0.997. The molecule has 1 atom stereocenters. The van der Waals surface area contributed by atoms with Crippen molar-refractivity contribution in [2.45, 2.75) is 25.2 Å². The first kappa shape index (κ1) is 18.2. The highest BCUT2D eigenvalue weighted by atomic mass is 32.1. The topological polar surface area (TPSA) is 70.1 Å². The van der Waals surface area contributed by atoms with Crippen molar-refractivity contribution in [3.05, 3.63) is 39.8 Å². The molecule has 7 nitrogen and oxygen atoms in total. The van der Waals surface area contributed by atoms with Crippen molar-refractivity contribution in [1.29, 1.82) is 0 Å². The molecule has 4 rings (SSSR count). The number of carbonyl (C=O) groups is 1. The number of benzene rings is 1. The van der Waals surface area contributed by atoms with E-state index >= 15 is 0 Å². The lowest BCUT2D eigenvalue weighted by Gasteiger charge is -2.26. The highest BCUT2D eigenvalue weighted by molar-refractivity contribution is 7.13. The van der Waals surface area contributed by atoms with Crippen molar-refractivity contribution in [2.75, 3.05) is 34.0 Å². The number of amides is 1. The average Bonchev–Trinajstić information content (AvgIpc) is 3.47. The lowest BCUT2D eigenvalue weighted by Crippen LogP contribution is -2.30. The number of ether oxygens (including phenoxy) is 4. The molecule has 0 saturated carbocycles. The van der Waals surface area contributed by atoms with E-state index < -0.39 is 6.29 Å². The van der Waals surface area contributed by atoms with Gasteiger partial charge in [0.05, 0.1) is 39.7 Å². The molecular weight excluding hydrogens is 368 g/mol. The minimum Gasteiger partial charge on any atom is -0.497 e. The normalized spacial score (nSPS) is 20.2. The molecule has 2 aliphatic rings. The first-order valence-electron chi connectivity index (χ1n) is 8.93. The van der Waals surface area contributed by atoms with E-state index in [0.29, 0.717) is 29.6 Å². The molecule has 2 aliphatic heterocycles. The van der Waals surface area contributed by atoms with Gasteiger partial charge in [-0.05, 0) is 25.0 Å². The zero-order chi connectivity index (χ0) is 18.8. The first-order chi connectivity index (χ1) is 13.2. The number of thiazole rings is 1. The average molecular weight is 390 g/mol. The molecule has 2 saturated heterocycles. The summed E-state index contributed by atoms with van der Waals surface area (Å²) in [5, 5.41) is 0.689. The summed E-state index contributed by atoms with van der Waals surface area (Å²) in [4.78, 5) is 20.0. The number of methoxy groups -OCH3 is 2. The lowest BCUT2D eigenvalue weighted by atomic mass is 10.0. The quantitative estimate of drug-likeness (QED) is 0.781. The fraction of sp³-hybridized carbons (Fsp3) is 0.474. The Morgan fingerprint density at radius 1 is 1.26 bits per heavy atom. The molecular formula is C19H22N2O5S. The summed E-state index contributed by atoms with van der Waals surface area (Å²) >= 11 is 1.33. The molecule has 1 aromatic carbocycles. The van der Waals surface area contributed by atoms with Gasteiger partial charge in [0.2, 0.25) is 6.29 Å². The van der Waals surface area contributed by atoms with Crippen molar-refractivity contribution >= 4 is 17.2 Å². The van der Waals surface area contributed by atoms with Crippen LogP contribution in [0.5, 0.6) is 11.5 Å². The lowest BCUT2D eigenvalue weighted by molar-refractivity contribution is -0.0442. The largest absolute Gasteiger partial charge is 0.497 e. The maximum atomic E-state index is 13.1. The fourth-order valence-electron chi connectivity index (χ4n) is 3.56. The van der Waals surface area contributed by atoms with E-state index in [2.05, 4.69) is 4.98 Å². The van der Waals surface area contributed by atoms with Crippen LogP contribution in [-0.4, -0.2) is 49.8 Å². The molecule has 1 amide bonds. The Balaban J connectivity index is 1.57. The van der Waals surface area contributed by atoms with Crippen LogP contribution in [0.25, 0.3) is 0 Å². The van der Waals surface area contributed by atoms with Crippen LogP contribution < -0.4 is 9.47 Å². The number of nitrogens with zero attached hydrogens (tertiary/aromatic N) is 2. The first-order valence-corrected chi connectivity index (χ1v) is 9.74. The van der Waals surface area contributed by atoms with Crippen molar-refractivity contribution < 1.29 is 23.7 Å². The number of likely N-dealkylation sites (tertiary alicyclic amines) is 1. The summed E-state index contributed by atoms with van der Waals surface area (Å²) in [5.74, 6) is 1.45. The highest BCUT2D eigenvalue weighted by Crippen LogP contribution is 2.40. The Labute approximate surface area is 161 Å². The van der Waals surface area contributed by atoms with Gasteiger partial charge in [0.25, 0.3) is 5.91 Å². The SMILES string of the molecule is COc1ccc([C@H]2CCCN2C(=O)c2cnc(C3OCCO3)s2)c(OC)c1. The third-order valence-corrected chi connectivity index (χ3v) is 5.88. The molecule has 0 unspecified atom stereocenters. The van der Waals surface area contributed by atoms with Gasteiger partial charge in [0.15, 0.2) is 0 Å². The predicted octanol–water partition coefficient (Wildman–Crippen LogP) is 3.18. The number of carbonyl (C=O) groups excluding carboxylic acids is 1. The van der Waals surface area contributed by atoms with Crippen molar-refractivity contribution in [2.24, 2.45) is 0 Å². The van der Waals surface area contributed by atoms with Crippen LogP contribution in [0.4, 0.5) is 0 Å². The summed E-state index contributed by atoms with van der Waals surface area (Å²) in [6.45, 7) is 1.82. The Morgan fingerprint density at radius 2 is 2.07 bits per heavy atom. The molecule has 1 aromatic heterocycles. The van der Waals surface area contributed by atoms with Gasteiger partial charge >= 0.3 is 0 Å². The van der Waals surface area contributed by atoms with Gasteiger partial charge < -0.3 is 23.8 Å². The maximum absolute atomic E-state index is 13.1. The van der Waals surface area contributed by atoms with E-state index in [1.807, 2.05) is 23.1 Å². The molecule has 2 fully saturated rings. The smallest absolute Gasteiger partial charge is 0.266 e. The minimum atomic E-state index is -0.451. The zero-order valence-corrected chi connectivity index (χ0v) is 16.2. The standard InChI is InChI=1S/C19H22N2O5S/c1-23-12-5-6-13(15(10-12)24-2)14-4-3-7-21(14)18(22)16-11-20-17(27-16)19-25-8-9-26-19/h5-6,10-11,14,19H,3-4,7-9H2,1-2H3/t14-/m1/s1. The second kappa shape index (κ2) is 7.84. The molecule has 0 aliphatic carbocycles. The van der Waals surface area contributed by atoms with Crippen molar-refractivity contribution in [1.82, 2.24) is 9.88 Å². The molecule has 27 heavy (non-hydrogen) atoms. The van der Waals surface area contributed by atoms with Crippen LogP contribution in [-0.2, 0) is 9.47 Å². The van der Waals surface area contributed by atoms with Crippen LogP contribution in [0.15, 0.2) is 24.4 Å². The molecule has 0 radical (unpaired) electrons. The Morgan fingerprint density at radius 3 is 2.81 bits per heavy atom. The molecule has 3 heterocycles. The molecule has 0 bridgehead atoms. The van der Waals surface area contributed by atoms with Gasteiger partial charge in [-0.15, -0.1) is 11.3 Å². The van der Waals surface area contributed by atoms with E-state index in [1.54, 1.807) is 20.4 Å². The van der Waals surface area contributed by atoms with Crippen LogP contribution in [0, 0.1) is 0 Å². The summed E-state index contributed by atoms with van der Waals surface area (Å²) in [6, 6.07) is 5.71. The maximum Gasteiger partial charge on any atom is 0.266 e. The minimum absolute atomic E-state index is 0.0166. The highest BCUT2D eigenvalue weighted by Gasteiger charge is 2.34. The van der Waals surface area contributed by atoms with E-state index in [1.165, 1.54) is 11.3 Å². The van der Waals surface area contributed by atoms with Gasteiger partial charge in [-0.1, -0.05) is 0 Å². The molecule has 0 N–H and O–H groups in total. The van der Waals surface area contributed by atoms with Crippen LogP contribution in [0.2, 0.25) is 0 Å². The zero-order valence-electron chi connectivity index (χ0n) is 15.3. The van der Waals surface area contributed by atoms with Crippen LogP contribution in [0.1, 0.15) is 45.4 Å². The number of aromatic nitrogens is 1. The van der Waals surface area contributed by atoms with E-state index in [-0.39, 0.29) is 11.9 Å². The third-order valence-electron chi connectivity index (χ3n) is 4.87. The van der Waals surface area contributed by atoms with Crippen molar-refractivity contribution in [3.63, 3.8) is 0 Å². The number of hydrogen-bond acceptors (Lipinski definition) is 7. The summed E-state index contributed by atoms with van der Waals surface area (Å²) in [6.07, 6.45) is 3.02. The van der Waals surface area contributed by atoms with Gasteiger partial charge in [0, 0.05) is 18.2 Å². The monoisotopic (exact) mass is 390 g/mol.